The van der Waals surface area contributed by atoms with Crippen molar-refractivity contribution in [2.24, 2.45) is 47.3 Å². The van der Waals surface area contributed by atoms with E-state index in [-0.39, 0.29) is 45.2 Å². The summed E-state index contributed by atoms with van der Waals surface area (Å²) in [5.74, 6) is 1.36. The second-order valence-corrected chi connectivity index (χ2v) is 21.6. The molecule has 0 bridgehead atoms. The van der Waals surface area contributed by atoms with E-state index in [2.05, 4.69) is 31.9 Å². The molecular formula is C53H71NO10S2. The summed E-state index contributed by atoms with van der Waals surface area (Å²) in [7, 11) is 0. The van der Waals surface area contributed by atoms with Crippen LogP contribution in [-0.4, -0.2) is 49.2 Å². The average Bonchev–Trinajstić information content (AvgIpc) is 3.80. The van der Waals surface area contributed by atoms with Gasteiger partial charge in [-0.15, -0.1) is 0 Å². The van der Waals surface area contributed by atoms with Crippen LogP contribution in [0.1, 0.15) is 155 Å². The lowest BCUT2D eigenvalue weighted by Crippen LogP contribution is -2.30. The van der Waals surface area contributed by atoms with Crippen molar-refractivity contribution in [2.45, 2.75) is 171 Å². The van der Waals surface area contributed by atoms with Crippen molar-refractivity contribution in [1.82, 2.24) is 0 Å². The Balaban J connectivity index is 1.13. The van der Waals surface area contributed by atoms with Gasteiger partial charge in [-0.25, -0.2) is 14.4 Å². The zero-order chi connectivity index (χ0) is 47.0. The van der Waals surface area contributed by atoms with Crippen LogP contribution >= 0.6 is 23.5 Å². The molecule has 4 aliphatic carbocycles. The number of thioether (sulfide) groups is 2. The highest BCUT2D eigenvalue weighted by molar-refractivity contribution is 8.24. The number of hydrogen-bond acceptors (Lipinski definition) is 12. The molecule has 0 radical (unpaired) electrons. The fourth-order valence-electron chi connectivity index (χ4n) is 11.1. The van der Waals surface area contributed by atoms with E-state index in [1.807, 2.05) is 0 Å². The molecule has 4 saturated carbocycles. The average molecular weight is 946 g/mol. The number of carbonyl (C=O) groups is 5. The Bertz CT molecular complexity index is 1850. The molecule has 5 aliphatic rings. The van der Waals surface area contributed by atoms with Crippen LogP contribution in [0.15, 0.2) is 57.2 Å². The number of hydrogen-bond donors (Lipinski definition) is 0. The summed E-state index contributed by atoms with van der Waals surface area (Å²) in [6.45, 7) is 18.3. The van der Waals surface area contributed by atoms with E-state index in [1.165, 1.54) is 89.9 Å². The predicted octanol–water partition coefficient (Wildman–Crippen LogP) is 12.8. The first-order chi connectivity index (χ1) is 32.0. The fraction of sp³-hybridized carbons (Fsp3) is 0.660. The molecular weight excluding hydrogens is 875 g/mol. The van der Waals surface area contributed by atoms with Crippen molar-refractivity contribution in [3.05, 3.63) is 58.8 Å². The first kappa shape index (κ1) is 51.4. The molecule has 0 saturated heterocycles. The predicted molar refractivity (Wildman–Crippen MR) is 256 cm³/mol. The second kappa shape index (κ2) is 25.9. The lowest BCUT2D eigenvalue weighted by molar-refractivity contribution is -0.160. The van der Waals surface area contributed by atoms with Crippen LogP contribution in [0.3, 0.4) is 0 Å². The molecule has 360 valence electrons. The standard InChI is InChI=1S/C53H71NO10S2/c1-6-10-12-34-14-18-36(19-15-34)38-22-26-40(27-23-38)50(57)63-43-30-31-44(64-51(58)41-28-24-39(25-29-41)37-20-16-35(17-21-37)13-11-7-2)49-48(43)65-53(66-49)47(54-5)52(59)61-33-42(62-46(56)9-4)32-60-45(55)8-3/h8-9,30-31,34-42H,3-4,6-7,10-29,32-33H2,1-2H3. The van der Waals surface area contributed by atoms with E-state index >= 15 is 0 Å². The molecule has 1 aromatic rings. The summed E-state index contributed by atoms with van der Waals surface area (Å²) >= 11 is 2.16. The van der Waals surface area contributed by atoms with Crippen molar-refractivity contribution >= 4 is 53.4 Å². The van der Waals surface area contributed by atoms with Crippen LogP contribution in [0.5, 0.6) is 11.5 Å². The number of rotatable bonds is 20. The van der Waals surface area contributed by atoms with Crippen LogP contribution in [0.4, 0.5) is 0 Å². The van der Waals surface area contributed by atoms with Crippen molar-refractivity contribution in [1.29, 1.82) is 0 Å². The van der Waals surface area contributed by atoms with Crippen LogP contribution in [-0.2, 0) is 38.2 Å². The SMILES string of the molecule is [C-]#[N+]C(C(=O)OCC(COC(=O)C=C)OC(=O)C=C)=C1Sc2c(OC(=O)C3CCC(C4CCC(CCCC)CC4)CC3)ccc(OC(=O)C3CCC(C4CCC(CCCC)CC4)CC3)c2S1. The Morgan fingerprint density at radius 3 is 1.44 bits per heavy atom. The number of benzene rings is 1. The Morgan fingerprint density at radius 1 is 0.636 bits per heavy atom. The van der Waals surface area contributed by atoms with Crippen molar-refractivity contribution in [2.75, 3.05) is 13.2 Å². The minimum absolute atomic E-state index is 0.238. The maximum absolute atomic E-state index is 13.9. The van der Waals surface area contributed by atoms with Crippen molar-refractivity contribution in [3.63, 3.8) is 0 Å². The molecule has 13 heteroatoms. The van der Waals surface area contributed by atoms with Gasteiger partial charge in [-0.05, 0) is 125 Å². The third kappa shape index (κ3) is 14.3. The molecule has 1 atom stereocenters. The molecule has 11 nitrogen and oxygen atoms in total. The maximum atomic E-state index is 13.9. The van der Waals surface area contributed by atoms with Gasteiger partial charge in [0.15, 0.2) is 6.10 Å². The zero-order valence-corrected chi connectivity index (χ0v) is 40.9. The minimum Gasteiger partial charge on any atom is -0.466 e. The summed E-state index contributed by atoms with van der Waals surface area (Å²) in [6, 6.07) is 3.29. The molecule has 0 amide bonds. The Hall–Kier alpha value is -4.02. The molecule has 6 rings (SSSR count). The second-order valence-electron chi connectivity index (χ2n) is 19.3. The first-order valence-electron chi connectivity index (χ1n) is 24.9. The highest BCUT2D eigenvalue weighted by Crippen LogP contribution is 2.59. The molecule has 0 spiro atoms. The van der Waals surface area contributed by atoms with Crippen LogP contribution in [0.2, 0.25) is 0 Å². The Labute approximate surface area is 401 Å². The third-order valence-corrected chi connectivity index (χ3v) is 17.6. The number of esters is 5. The topological polar surface area (TPSA) is 136 Å². The monoisotopic (exact) mass is 945 g/mol. The quantitative estimate of drug-likeness (QED) is 0.0405. The highest BCUT2D eigenvalue weighted by Gasteiger charge is 2.38. The number of nitrogens with zero attached hydrogens (tertiary/aromatic N) is 1. The normalized spacial score (nSPS) is 26.7. The van der Waals surface area contributed by atoms with Crippen molar-refractivity contribution < 1.29 is 47.7 Å². The minimum atomic E-state index is -1.18. The lowest BCUT2D eigenvalue weighted by atomic mass is 9.68. The van der Waals surface area contributed by atoms with E-state index in [9.17, 15) is 24.0 Å². The van der Waals surface area contributed by atoms with Gasteiger partial charge in [-0.2, -0.15) is 0 Å². The summed E-state index contributed by atoms with van der Waals surface area (Å²) < 4.78 is 28.2. The molecule has 1 unspecified atom stereocenters. The lowest BCUT2D eigenvalue weighted by Gasteiger charge is -2.37. The first-order valence-corrected chi connectivity index (χ1v) is 26.5. The van der Waals surface area contributed by atoms with E-state index in [1.54, 1.807) is 12.1 Å². The molecule has 1 aliphatic heterocycles. The van der Waals surface area contributed by atoms with Gasteiger partial charge in [0.25, 0.3) is 5.70 Å². The number of unbranched alkanes of at least 4 members (excludes halogenated alkanes) is 2. The van der Waals surface area contributed by atoms with Gasteiger partial charge in [-0.1, -0.05) is 115 Å². The molecule has 1 aromatic carbocycles. The number of ether oxygens (including phenoxy) is 5. The molecule has 1 heterocycles. The smallest absolute Gasteiger partial charge is 0.338 e. The fourth-order valence-corrected chi connectivity index (χ4v) is 13.6. The zero-order valence-electron chi connectivity index (χ0n) is 39.2. The van der Waals surface area contributed by atoms with Gasteiger partial charge < -0.3 is 23.7 Å². The summed E-state index contributed by atoms with van der Waals surface area (Å²) in [6.07, 6.45) is 26.1. The van der Waals surface area contributed by atoms with E-state index < -0.39 is 37.2 Å². The van der Waals surface area contributed by atoms with E-state index in [4.69, 9.17) is 30.3 Å². The molecule has 0 N–H and O–H groups in total. The van der Waals surface area contributed by atoms with E-state index in [0.717, 1.165) is 111 Å². The largest absolute Gasteiger partial charge is 0.466 e. The van der Waals surface area contributed by atoms with Gasteiger partial charge >= 0.3 is 29.8 Å². The van der Waals surface area contributed by atoms with Gasteiger partial charge in [-0.3, -0.25) is 14.4 Å². The molecule has 0 aromatic heterocycles. The van der Waals surface area contributed by atoms with Crippen LogP contribution in [0.25, 0.3) is 4.85 Å². The summed E-state index contributed by atoms with van der Waals surface area (Å²) in [4.78, 5) is 69.4. The van der Waals surface area contributed by atoms with Gasteiger partial charge in [0.1, 0.15) is 24.7 Å². The van der Waals surface area contributed by atoms with E-state index in [0.29, 0.717) is 21.6 Å². The molecule has 66 heavy (non-hydrogen) atoms. The third-order valence-electron chi connectivity index (χ3n) is 15.0. The Kier molecular flexibility index (Phi) is 20.2. The number of fused-ring (bicyclic) bond motifs is 1. The van der Waals surface area contributed by atoms with Gasteiger partial charge in [0.05, 0.1) is 32.4 Å². The van der Waals surface area contributed by atoms with Crippen molar-refractivity contribution in [3.8, 4) is 11.5 Å². The van der Waals surface area contributed by atoms with Crippen LogP contribution < -0.4 is 9.47 Å². The van der Waals surface area contributed by atoms with Gasteiger partial charge in [0, 0.05) is 12.2 Å². The molecule has 4 fully saturated rings. The highest BCUT2D eigenvalue weighted by atomic mass is 32.2. The van der Waals surface area contributed by atoms with Crippen LogP contribution in [0, 0.1) is 53.9 Å². The summed E-state index contributed by atoms with van der Waals surface area (Å²) in [5, 5.41) is 0. The summed E-state index contributed by atoms with van der Waals surface area (Å²) in [5.41, 5.74) is -0.358. The maximum Gasteiger partial charge on any atom is 0.338 e. The Morgan fingerprint density at radius 2 is 1.05 bits per heavy atom. The van der Waals surface area contributed by atoms with Gasteiger partial charge in [0.2, 0.25) is 0 Å². The number of carbonyl (C=O) groups excluding carboxylic acids is 5.